The number of ether oxygens (including phenoxy) is 2. The lowest BCUT2D eigenvalue weighted by Crippen LogP contribution is -2.37. The number of phosphoric acid groups is 1. The maximum atomic E-state index is 12.9. The molecule has 0 aliphatic heterocycles. The molecule has 2 atom stereocenters. The number of nitrogens with zero attached hydrogens (tertiary/aromatic N) is 1. The van der Waals surface area contributed by atoms with E-state index in [-0.39, 0.29) is 32.0 Å². The quantitative estimate of drug-likeness (QED) is 0.0195. The molecule has 2 unspecified atom stereocenters. The first-order valence-corrected chi connectivity index (χ1v) is 42.5. The van der Waals surface area contributed by atoms with Crippen molar-refractivity contribution in [3.05, 3.63) is 60.8 Å². The molecule has 0 saturated heterocycles. The van der Waals surface area contributed by atoms with E-state index in [1.165, 1.54) is 321 Å². The van der Waals surface area contributed by atoms with Crippen LogP contribution in [0.25, 0.3) is 0 Å². The first-order chi connectivity index (χ1) is 46.0. The first-order valence-electron chi connectivity index (χ1n) is 41.0. The van der Waals surface area contributed by atoms with Crippen LogP contribution in [-0.2, 0) is 32.7 Å². The lowest BCUT2D eigenvalue weighted by molar-refractivity contribution is -0.870. The van der Waals surface area contributed by atoms with Crippen molar-refractivity contribution in [1.29, 1.82) is 0 Å². The number of rotatable bonds is 77. The summed E-state index contributed by atoms with van der Waals surface area (Å²) in [6.07, 6.45) is 101. The fraction of sp³-hybridized carbons (Fsp3) is 0.857. The van der Waals surface area contributed by atoms with Crippen LogP contribution in [0.3, 0.4) is 0 Å². The first kappa shape index (κ1) is 91.7. The zero-order chi connectivity index (χ0) is 68.3. The van der Waals surface area contributed by atoms with Crippen molar-refractivity contribution in [2.75, 3.05) is 47.5 Å². The molecule has 0 saturated carbocycles. The van der Waals surface area contributed by atoms with Crippen LogP contribution in [0, 0.1) is 0 Å². The Hall–Kier alpha value is -2.29. The predicted octanol–water partition coefficient (Wildman–Crippen LogP) is 26.7. The van der Waals surface area contributed by atoms with Gasteiger partial charge in [-0.1, -0.05) is 383 Å². The van der Waals surface area contributed by atoms with E-state index in [9.17, 15) is 19.0 Å². The van der Waals surface area contributed by atoms with Crippen molar-refractivity contribution in [2.45, 2.75) is 418 Å². The number of hydrogen-bond acceptors (Lipinski definition) is 8. The molecule has 0 N–H and O–H groups in total. The molecule has 0 fully saturated rings. The van der Waals surface area contributed by atoms with Gasteiger partial charge in [-0.3, -0.25) is 14.2 Å². The number of quaternary nitrogens is 1. The fourth-order valence-electron chi connectivity index (χ4n) is 12.3. The highest BCUT2D eigenvalue weighted by atomic mass is 31.2. The normalized spacial score (nSPS) is 13.3. The predicted molar refractivity (Wildman–Crippen MR) is 407 cm³/mol. The number of allylic oxidation sites excluding steroid dienone is 10. The van der Waals surface area contributed by atoms with Crippen LogP contribution in [0.1, 0.15) is 412 Å². The van der Waals surface area contributed by atoms with Gasteiger partial charge in [0.1, 0.15) is 19.8 Å². The topological polar surface area (TPSA) is 111 Å². The molecule has 10 heteroatoms. The van der Waals surface area contributed by atoms with E-state index in [4.69, 9.17) is 18.5 Å². The Kier molecular flexibility index (Phi) is 73.1. The van der Waals surface area contributed by atoms with Gasteiger partial charge in [0.25, 0.3) is 7.82 Å². The molecule has 0 radical (unpaired) electrons. The number of phosphoric ester groups is 1. The van der Waals surface area contributed by atoms with Gasteiger partial charge in [-0.05, 0) is 77.0 Å². The van der Waals surface area contributed by atoms with Crippen LogP contribution < -0.4 is 4.89 Å². The second-order valence-electron chi connectivity index (χ2n) is 29.1. The lowest BCUT2D eigenvalue weighted by atomic mass is 10.0. The van der Waals surface area contributed by atoms with Crippen LogP contribution >= 0.6 is 7.82 Å². The largest absolute Gasteiger partial charge is 0.756 e. The molecule has 9 nitrogen and oxygen atoms in total. The average Bonchev–Trinajstić information content (AvgIpc) is 1.56. The minimum Gasteiger partial charge on any atom is -0.756 e. The highest BCUT2D eigenvalue weighted by Gasteiger charge is 2.22. The summed E-state index contributed by atoms with van der Waals surface area (Å²) in [7, 11) is 1.19. The molecule has 0 heterocycles. The van der Waals surface area contributed by atoms with Crippen molar-refractivity contribution < 1.29 is 42.1 Å². The standard InChI is InChI=1S/C84H158NO8P/c1-6-8-10-12-14-16-18-20-22-24-26-28-30-32-34-36-38-40-41-42-43-45-46-48-50-52-54-56-58-60-62-64-66-68-70-72-74-76-83(86)90-80-82(81-92-94(88,89)91-79-78-85(3,4)5)93-84(87)77-75-73-71-69-67-65-63-61-59-57-55-53-51-49-47-44-39-37-35-33-31-29-27-25-23-21-19-17-15-13-11-9-7-2/h9,11,15,17,21,23-24,26-27,29,82H,6-8,10,12-14,16,18-20,22,25,28,30-81H2,1-5H3/b11-9-,17-15-,23-21-,26-24-,29-27-. The number of likely N-dealkylation sites (N-methyl/N-ethyl adjacent to an activating group) is 1. The SMILES string of the molecule is CC/C=C\C/C=C\C/C=C\C/C=C\CCCCCCCCCCCCCCCCCCCCCCC(=O)OC(COC(=O)CCCCCCCCCCCCCCCCCCCCCCCCCCC/C=C\CCCCCCCCCC)COP(=O)([O-])OCC[N+](C)(C)C. The zero-order valence-corrected chi connectivity index (χ0v) is 64.1. The van der Waals surface area contributed by atoms with E-state index in [1.807, 2.05) is 21.1 Å². The van der Waals surface area contributed by atoms with Crippen molar-refractivity contribution in [3.63, 3.8) is 0 Å². The highest BCUT2D eigenvalue weighted by Crippen LogP contribution is 2.38. The number of carbonyl (C=O) groups excluding carboxylic acids is 2. The lowest BCUT2D eigenvalue weighted by Gasteiger charge is -2.28. The number of carbonyl (C=O) groups is 2. The third kappa shape index (κ3) is 78.7. The average molecular weight is 1340 g/mol. The van der Waals surface area contributed by atoms with Crippen molar-refractivity contribution >= 4 is 19.8 Å². The molecular formula is C84H158NO8P. The van der Waals surface area contributed by atoms with Crippen molar-refractivity contribution in [3.8, 4) is 0 Å². The Balaban J connectivity index is 3.89. The van der Waals surface area contributed by atoms with E-state index < -0.39 is 26.5 Å². The molecular weight excluding hydrogens is 1180 g/mol. The Labute approximate surface area is 585 Å². The molecule has 0 aromatic carbocycles. The van der Waals surface area contributed by atoms with Gasteiger partial charge in [-0.25, -0.2) is 0 Å². The number of hydrogen-bond donors (Lipinski definition) is 0. The molecule has 0 aliphatic carbocycles. The summed E-state index contributed by atoms with van der Waals surface area (Å²) < 4.78 is 34.4. The molecule has 0 spiro atoms. The number of unbranched alkanes of at least 4 members (excludes halogenated alkanes) is 53. The van der Waals surface area contributed by atoms with Crippen molar-refractivity contribution in [2.24, 2.45) is 0 Å². The summed E-state index contributed by atoms with van der Waals surface area (Å²) in [6.45, 7) is 4.20. The highest BCUT2D eigenvalue weighted by molar-refractivity contribution is 7.45. The number of esters is 2. The molecule has 0 amide bonds. The Bertz CT molecular complexity index is 1770. The summed E-state index contributed by atoms with van der Waals surface area (Å²) in [6, 6.07) is 0. The van der Waals surface area contributed by atoms with Gasteiger partial charge in [-0.15, -0.1) is 0 Å². The Morgan fingerprint density at radius 2 is 0.606 bits per heavy atom. The zero-order valence-electron chi connectivity index (χ0n) is 63.2. The second-order valence-corrected chi connectivity index (χ2v) is 30.5. The van der Waals surface area contributed by atoms with Crippen LogP contribution in [0.4, 0.5) is 0 Å². The van der Waals surface area contributed by atoms with Crippen molar-refractivity contribution in [1.82, 2.24) is 0 Å². The summed E-state index contributed by atoms with van der Waals surface area (Å²) in [5, 5.41) is 0. The van der Waals surface area contributed by atoms with E-state index in [1.54, 1.807) is 0 Å². The minimum absolute atomic E-state index is 0.0285. The van der Waals surface area contributed by atoms with Gasteiger partial charge < -0.3 is 27.9 Å². The molecule has 94 heavy (non-hydrogen) atoms. The second kappa shape index (κ2) is 74.9. The smallest absolute Gasteiger partial charge is 0.306 e. The van der Waals surface area contributed by atoms with Gasteiger partial charge in [0.05, 0.1) is 27.7 Å². The Morgan fingerprint density at radius 3 is 0.915 bits per heavy atom. The van der Waals surface area contributed by atoms with Crippen LogP contribution in [0.5, 0.6) is 0 Å². The fourth-order valence-corrected chi connectivity index (χ4v) is 13.0. The third-order valence-electron chi connectivity index (χ3n) is 18.5. The van der Waals surface area contributed by atoms with Crippen LogP contribution in [0.15, 0.2) is 60.8 Å². The summed E-state index contributed by atoms with van der Waals surface area (Å²) in [5.74, 6) is -0.809. The Morgan fingerprint density at radius 1 is 0.340 bits per heavy atom. The summed E-state index contributed by atoms with van der Waals surface area (Å²) >= 11 is 0. The molecule has 0 rings (SSSR count). The van der Waals surface area contributed by atoms with E-state index >= 15 is 0 Å². The third-order valence-corrected chi connectivity index (χ3v) is 19.5. The maximum absolute atomic E-state index is 12.9. The van der Waals surface area contributed by atoms with Crippen LogP contribution in [-0.4, -0.2) is 70.0 Å². The van der Waals surface area contributed by atoms with E-state index in [0.29, 0.717) is 17.4 Å². The van der Waals surface area contributed by atoms with Gasteiger partial charge in [0.2, 0.25) is 0 Å². The molecule has 552 valence electrons. The van der Waals surface area contributed by atoms with Gasteiger partial charge >= 0.3 is 11.9 Å². The summed E-state index contributed by atoms with van der Waals surface area (Å²) in [4.78, 5) is 38.2. The molecule has 0 aromatic heterocycles. The maximum Gasteiger partial charge on any atom is 0.306 e. The minimum atomic E-state index is -4.64. The van der Waals surface area contributed by atoms with Gasteiger partial charge in [0, 0.05) is 12.8 Å². The van der Waals surface area contributed by atoms with E-state index in [2.05, 4.69) is 74.6 Å². The molecule has 0 aliphatic rings. The molecule has 0 bridgehead atoms. The summed E-state index contributed by atoms with van der Waals surface area (Å²) in [5.41, 5.74) is 0. The molecule has 0 aromatic rings. The van der Waals surface area contributed by atoms with Gasteiger partial charge in [-0.2, -0.15) is 0 Å². The van der Waals surface area contributed by atoms with Gasteiger partial charge in [0.15, 0.2) is 6.10 Å². The monoisotopic (exact) mass is 1340 g/mol. The van der Waals surface area contributed by atoms with Crippen LogP contribution in [0.2, 0.25) is 0 Å². The van der Waals surface area contributed by atoms with E-state index in [0.717, 1.165) is 57.8 Å².